The minimum absolute atomic E-state index is 0.0163. The van der Waals surface area contributed by atoms with E-state index in [-0.39, 0.29) is 67.5 Å². The third-order valence-electron chi connectivity index (χ3n) is 15.1. The number of carbonyl (C=O) groups is 5. The predicted octanol–water partition coefficient (Wildman–Crippen LogP) is 6.59. The quantitative estimate of drug-likeness (QED) is 0.0916. The van der Waals surface area contributed by atoms with Crippen molar-refractivity contribution < 1.29 is 67.7 Å². The van der Waals surface area contributed by atoms with Gasteiger partial charge in [-0.05, 0) is 113 Å². The number of hydrogen-bond donors (Lipinski definition) is 3. The van der Waals surface area contributed by atoms with Gasteiger partial charge in [0.25, 0.3) is 11.7 Å². The molecule has 0 radical (unpaired) electrons. The first-order chi connectivity index (χ1) is 32.8. The van der Waals surface area contributed by atoms with Crippen LogP contribution in [-0.4, -0.2) is 145 Å². The number of cyclic esters (lactones) is 1. The molecule has 69 heavy (non-hydrogen) atoms. The number of methoxy groups -OCH3 is 3. The number of ether oxygens (including phenoxy) is 6. The zero-order chi connectivity index (χ0) is 51.0. The van der Waals surface area contributed by atoms with Gasteiger partial charge in [-0.3, -0.25) is 19.2 Å². The van der Waals surface area contributed by atoms with Crippen LogP contribution >= 0.6 is 0 Å². The molecule has 15 atom stereocenters. The molecule has 15 heteroatoms. The van der Waals surface area contributed by atoms with Crippen molar-refractivity contribution in [2.45, 2.75) is 186 Å². The molecule has 0 spiro atoms. The lowest BCUT2D eigenvalue weighted by Gasteiger charge is -2.42. The van der Waals surface area contributed by atoms with Gasteiger partial charge < -0.3 is 48.6 Å². The lowest BCUT2D eigenvalue weighted by Crippen LogP contribution is -2.61. The Hall–Kier alpha value is -3.41. The number of ketones is 3. The second-order valence-electron chi connectivity index (χ2n) is 20.5. The monoisotopic (exact) mass is 972 g/mol. The summed E-state index contributed by atoms with van der Waals surface area (Å²) in [5.74, 6) is -7.92. The predicted molar refractivity (Wildman–Crippen MR) is 261 cm³/mol. The highest BCUT2D eigenvalue weighted by atomic mass is 16.6. The van der Waals surface area contributed by atoms with Gasteiger partial charge >= 0.3 is 5.97 Å². The van der Waals surface area contributed by atoms with Crippen LogP contribution in [0.2, 0.25) is 0 Å². The van der Waals surface area contributed by atoms with Crippen molar-refractivity contribution in [2.75, 3.05) is 41.1 Å². The Kier molecular flexibility index (Phi) is 23.6. The SMILES string of the molecule is CO[C@H]1C[C@@H]2CC[C@@H](C)[C@@](O)(O2)C(=O)C(=O)N2CCCC[C@H]2C(=O)O[C@H]([C@H](C)C[C@@H]2CC[C@@H](OCCCO)[C@H](OC)C2)CC(=O)[C@H](C)/C=C(\C)[C@@H](O)[C@@H](OC)C(=O)[C@H](C)C[C@H](C)\C=C/C=C/C=C/1C. The van der Waals surface area contributed by atoms with Crippen molar-refractivity contribution in [3.8, 4) is 0 Å². The first-order valence-electron chi connectivity index (χ1n) is 25.5. The van der Waals surface area contributed by atoms with Crippen LogP contribution in [0, 0.1) is 35.5 Å². The van der Waals surface area contributed by atoms with E-state index in [9.17, 15) is 39.3 Å². The molecule has 0 aromatic heterocycles. The van der Waals surface area contributed by atoms with Crippen LogP contribution in [0.5, 0.6) is 0 Å². The van der Waals surface area contributed by atoms with Gasteiger partial charge in [0.05, 0.1) is 24.4 Å². The Morgan fingerprint density at radius 2 is 1.59 bits per heavy atom. The van der Waals surface area contributed by atoms with Gasteiger partial charge in [-0.1, -0.05) is 71.1 Å². The fraction of sp³-hybridized carbons (Fsp3) is 0.759. The fourth-order valence-corrected chi connectivity index (χ4v) is 10.6. The minimum Gasteiger partial charge on any atom is -0.460 e. The number of allylic oxidation sites excluding steroid dienone is 6. The van der Waals surface area contributed by atoms with Crippen molar-refractivity contribution in [3.63, 3.8) is 0 Å². The smallest absolute Gasteiger partial charge is 0.329 e. The van der Waals surface area contributed by atoms with Crippen molar-refractivity contribution >= 4 is 29.2 Å². The number of amides is 1. The van der Waals surface area contributed by atoms with E-state index in [2.05, 4.69) is 0 Å². The Balaban J connectivity index is 1.69. The van der Waals surface area contributed by atoms with Gasteiger partial charge in [-0.15, -0.1) is 0 Å². The largest absolute Gasteiger partial charge is 0.460 e. The summed E-state index contributed by atoms with van der Waals surface area (Å²) in [6, 6.07) is -1.14. The van der Waals surface area contributed by atoms with E-state index in [0.717, 1.165) is 18.4 Å². The molecule has 1 saturated carbocycles. The molecule has 0 unspecified atom stereocenters. The molecule has 390 valence electrons. The summed E-state index contributed by atoms with van der Waals surface area (Å²) in [5, 5.41) is 32.7. The fourth-order valence-electron chi connectivity index (χ4n) is 10.6. The molecule has 3 N–H and O–H groups in total. The summed E-state index contributed by atoms with van der Waals surface area (Å²) < 4.78 is 35.8. The van der Waals surface area contributed by atoms with Crippen LogP contribution < -0.4 is 0 Å². The highest BCUT2D eigenvalue weighted by Gasteiger charge is 2.53. The molecule has 3 aliphatic heterocycles. The van der Waals surface area contributed by atoms with Crippen LogP contribution in [0.4, 0.5) is 0 Å². The van der Waals surface area contributed by atoms with E-state index >= 15 is 0 Å². The van der Waals surface area contributed by atoms with E-state index < -0.39 is 77.8 Å². The molecule has 3 fully saturated rings. The maximum atomic E-state index is 14.5. The average molecular weight is 972 g/mol. The second kappa shape index (κ2) is 28.0. The highest BCUT2D eigenvalue weighted by molar-refractivity contribution is 6.39. The van der Waals surface area contributed by atoms with Gasteiger partial charge in [0.1, 0.15) is 30.1 Å². The first kappa shape index (κ1) is 58.2. The summed E-state index contributed by atoms with van der Waals surface area (Å²) in [6.07, 6.45) is 12.7. The van der Waals surface area contributed by atoms with Gasteiger partial charge in [0, 0.05) is 71.7 Å². The maximum absolute atomic E-state index is 14.5. The molecule has 3 heterocycles. The summed E-state index contributed by atoms with van der Waals surface area (Å²) in [5.41, 5.74) is 1.27. The van der Waals surface area contributed by atoms with Crippen molar-refractivity contribution in [1.29, 1.82) is 0 Å². The molecule has 15 nitrogen and oxygen atoms in total. The van der Waals surface area contributed by atoms with Crippen molar-refractivity contribution in [1.82, 2.24) is 4.90 Å². The van der Waals surface area contributed by atoms with E-state index in [1.165, 1.54) is 12.0 Å². The number of rotatable bonds is 10. The summed E-state index contributed by atoms with van der Waals surface area (Å²) >= 11 is 0. The van der Waals surface area contributed by atoms with E-state index in [1.54, 1.807) is 41.1 Å². The third kappa shape index (κ3) is 16.0. The van der Waals surface area contributed by atoms with Gasteiger partial charge in [-0.25, -0.2) is 4.79 Å². The minimum atomic E-state index is -2.43. The topological polar surface area (TPSA) is 205 Å². The summed E-state index contributed by atoms with van der Waals surface area (Å²) in [6.45, 7) is 13.3. The Labute approximate surface area is 411 Å². The third-order valence-corrected chi connectivity index (χ3v) is 15.1. The number of fused-ring (bicyclic) bond motifs is 3. The molecule has 0 aromatic rings. The van der Waals surface area contributed by atoms with Crippen LogP contribution in [0.1, 0.15) is 132 Å². The number of carbonyl (C=O) groups excluding carboxylic acids is 5. The zero-order valence-corrected chi connectivity index (χ0v) is 43.1. The van der Waals surface area contributed by atoms with E-state index in [0.29, 0.717) is 70.0 Å². The standard InChI is InChI=1S/C54H85NO14/c1-33-17-12-11-13-18-34(2)45(64-8)31-41-22-20-39(7)54(63,69-41)51(60)52(61)55-24-15-14-19-42(55)53(62)68-46(36(4)29-40-21-23-44(47(30-40)65-9)67-26-16-25-56)32-43(57)35(3)28-38(6)49(59)50(66-10)48(58)37(5)27-33/h11-13,17-18,28,33,35-37,39-42,44-47,49-50,56,59,63H,14-16,19-27,29-32H2,1-10H3/b13-11+,17-12-,34-18+,38-28+/t33-,35-,36-,37-,39-,40+,41+,42+,44-,45+,46+,47-,49-,50+,54-/m1/s1. The van der Waals surface area contributed by atoms with Gasteiger partial charge in [0.15, 0.2) is 5.78 Å². The normalized spacial score (nSPS) is 38.8. The number of nitrogens with zero attached hydrogens (tertiary/aromatic N) is 1. The molecule has 4 rings (SSSR count). The number of piperidine rings is 1. The first-order valence-corrected chi connectivity index (χ1v) is 25.5. The number of aliphatic hydroxyl groups is 3. The Morgan fingerprint density at radius 3 is 2.28 bits per heavy atom. The molecular formula is C54H85NO14. The Morgan fingerprint density at radius 1 is 0.855 bits per heavy atom. The van der Waals surface area contributed by atoms with Crippen LogP contribution in [0.3, 0.4) is 0 Å². The molecule has 0 aromatic carbocycles. The highest BCUT2D eigenvalue weighted by Crippen LogP contribution is 2.38. The second-order valence-corrected chi connectivity index (χ2v) is 20.5. The maximum Gasteiger partial charge on any atom is 0.329 e. The van der Waals surface area contributed by atoms with Crippen molar-refractivity contribution in [3.05, 3.63) is 47.6 Å². The molecule has 2 saturated heterocycles. The molecular weight excluding hydrogens is 887 g/mol. The molecule has 4 aliphatic rings. The number of aliphatic hydroxyl groups excluding tert-OH is 2. The summed E-state index contributed by atoms with van der Waals surface area (Å²) in [4.78, 5) is 72.2. The Bertz CT molecular complexity index is 1830. The lowest BCUT2D eigenvalue weighted by molar-refractivity contribution is -0.265. The van der Waals surface area contributed by atoms with Crippen LogP contribution in [0.15, 0.2) is 47.6 Å². The molecule has 1 amide bonds. The van der Waals surface area contributed by atoms with Gasteiger partial charge in [0.2, 0.25) is 5.79 Å². The molecule has 1 aliphatic carbocycles. The average Bonchev–Trinajstić information content (AvgIpc) is 3.33. The summed E-state index contributed by atoms with van der Waals surface area (Å²) in [7, 11) is 4.61. The number of Topliss-reactive ketones (excluding diaryl/α,β-unsaturated/α-hetero) is 3. The van der Waals surface area contributed by atoms with Crippen LogP contribution in [-0.2, 0) is 52.4 Å². The number of hydrogen-bond acceptors (Lipinski definition) is 14. The lowest BCUT2D eigenvalue weighted by atomic mass is 9.78. The molecule has 2 bridgehead atoms. The van der Waals surface area contributed by atoms with Crippen molar-refractivity contribution in [2.24, 2.45) is 35.5 Å². The van der Waals surface area contributed by atoms with Gasteiger partial charge in [-0.2, -0.15) is 0 Å². The number of esters is 1. The van der Waals surface area contributed by atoms with E-state index in [4.69, 9.17) is 28.4 Å². The van der Waals surface area contributed by atoms with Crippen LogP contribution in [0.25, 0.3) is 0 Å². The zero-order valence-electron chi connectivity index (χ0n) is 43.1. The van der Waals surface area contributed by atoms with E-state index in [1.807, 2.05) is 58.1 Å².